The molecular formula is C37H40O9. The standard InChI is InChI=1S/C37H40O9/c38-21-31(39)25-44-37-35(46-36(40)30-19-11-4-12-20-30)34(43-24-29-17-9-3-10-18-29)33(42-23-28-15-7-2-8-16-28)32(45-37)26-41-22-27-13-5-1-6-14-27/h1-20,31-35,37-39H,21-26H2/t31-,32?,33-,34-,35?,37+/m1/s1. The second kappa shape index (κ2) is 17.7. The van der Waals surface area contributed by atoms with Crippen molar-refractivity contribution in [3.63, 3.8) is 0 Å². The van der Waals surface area contributed by atoms with Crippen LogP contribution in [0.5, 0.6) is 0 Å². The van der Waals surface area contributed by atoms with Gasteiger partial charge in [0.15, 0.2) is 12.4 Å². The third-order valence-electron chi connectivity index (χ3n) is 7.47. The molecule has 0 bridgehead atoms. The Kier molecular flexibility index (Phi) is 12.9. The molecular weight excluding hydrogens is 588 g/mol. The van der Waals surface area contributed by atoms with Crippen molar-refractivity contribution in [2.45, 2.75) is 56.6 Å². The molecule has 1 aliphatic heterocycles. The second-order valence-electron chi connectivity index (χ2n) is 11.0. The van der Waals surface area contributed by atoms with Gasteiger partial charge in [0.1, 0.15) is 24.4 Å². The van der Waals surface area contributed by atoms with E-state index in [-0.39, 0.29) is 26.4 Å². The average molecular weight is 629 g/mol. The number of hydrogen-bond donors (Lipinski definition) is 2. The molecule has 1 saturated heterocycles. The maximum absolute atomic E-state index is 13.4. The largest absolute Gasteiger partial charge is 0.450 e. The molecule has 1 fully saturated rings. The minimum absolute atomic E-state index is 0.112. The van der Waals surface area contributed by atoms with E-state index in [0.29, 0.717) is 12.2 Å². The molecule has 0 amide bonds. The first-order valence-corrected chi connectivity index (χ1v) is 15.4. The Balaban J connectivity index is 1.46. The Morgan fingerprint density at radius 1 is 0.652 bits per heavy atom. The van der Waals surface area contributed by atoms with Gasteiger partial charge in [-0.3, -0.25) is 0 Å². The van der Waals surface area contributed by atoms with Crippen molar-refractivity contribution in [3.05, 3.63) is 144 Å². The van der Waals surface area contributed by atoms with Crippen LogP contribution in [0.1, 0.15) is 27.0 Å². The summed E-state index contributed by atoms with van der Waals surface area (Å²) in [6, 6.07) is 37.7. The Morgan fingerprint density at radius 2 is 1.15 bits per heavy atom. The number of rotatable bonds is 16. The molecule has 46 heavy (non-hydrogen) atoms. The highest BCUT2D eigenvalue weighted by Crippen LogP contribution is 2.32. The zero-order chi connectivity index (χ0) is 32.0. The van der Waals surface area contributed by atoms with Gasteiger partial charge in [0.2, 0.25) is 0 Å². The Labute approximate surface area is 269 Å². The van der Waals surface area contributed by atoms with E-state index in [1.54, 1.807) is 24.3 Å². The van der Waals surface area contributed by atoms with Crippen LogP contribution in [-0.4, -0.2) is 72.8 Å². The van der Waals surface area contributed by atoms with Crippen LogP contribution in [0, 0.1) is 0 Å². The third-order valence-corrected chi connectivity index (χ3v) is 7.47. The molecule has 5 rings (SSSR count). The van der Waals surface area contributed by atoms with E-state index in [9.17, 15) is 15.0 Å². The minimum atomic E-state index is -1.17. The molecule has 9 nitrogen and oxygen atoms in total. The summed E-state index contributed by atoms with van der Waals surface area (Å²) in [7, 11) is 0. The summed E-state index contributed by atoms with van der Waals surface area (Å²) in [6.07, 6.45) is -5.78. The molecule has 6 atom stereocenters. The van der Waals surface area contributed by atoms with Gasteiger partial charge in [0.05, 0.1) is 45.2 Å². The van der Waals surface area contributed by atoms with Gasteiger partial charge in [0, 0.05) is 0 Å². The highest BCUT2D eigenvalue weighted by molar-refractivity contribution is 5.89. The van der Waals surface area contributed by atoms with Crippen molar-refractivity contribution in [1.29, 1.82) is 0 Å². The van der Waals surface area contributed by atoms with Gasteiger partial charge in [-0.25, -0.2) is 4.79 Å². The summed E-state index contributed by atoms with van der Waals surface area (Å²) in [5, 5.41) is 19.6. The van der Waals surface area contributed by atoms with E-state index in [1.165, 1.54) is 0 Å². The number of carbonyl (C=O) groups excluding carboxylic acids is 1. The zero-order valence-electron chi connectivity index (χ0n) is 25.5. The Morgan fingerprint density at radius 3 is 1.70 bits per heavy atom. The van der Waals surface area contributed by atoms with E-state index in [0.717, 1.165) is 16.7 Å². The monoisotopic (exact) mass is 628 g/mol. The van der Waals surface area contributed by atoms with Crippen LogP contribution >= 0.6 is 0 Å². The molecule has 4 aromatic carbocycles. The highest BCUT2D eigenvalue weighted by Gasteiger charge is 2.50. The van der Waals surface area contributed by atoms with Crippen LogP contribution in [0.25, 0.3) is 0 Å². The molecule has 242 valence electrons. The third kappa shape index (κ3) is 9.78. The molecule has 4 aromatic rings. The lowest BCUT2D eigenvalue weighted by Crippen LogP contribution is -2.62. The smallest absolute Gasteiger partial charge is 0.338 e. The molecule has 1 heterocycles. The molecule has 2 N–H and O–H groups in total. The number of carbonyl (C=O) groups is 1. The van der Waals surface area contributed by atoms with Crippen molar-refractivity contribution < 1.29 is 43.4 Å². The number of ether oxygens (including phenoxy) is 6. The van der Waals surface area contributed by atoms with Crippen molar-refractivity contribution in [3.8, 4) is 0 Å². The lowest BCUT2D eigenvalue weighted by molar-refractivity contribution is -0.320. The van der Waals surface area contributed by atoms with Gasteiger partial charge in [0.25, 0.3) is 0 Å². The Hall–Kier alpha value is -3.93. The normalized spacial score (nSPS) is 21.8. The summed E-state index contributed by atoms with van der Waals surface area (Å²) in [5.74, 6) is -0.598. The first kappa shape index (κ1) is 33.4. The first-order valence-electron chi connectivity index (χ1n) is 15.4. The molecule has 0 aliphatic carbocycles. The van der Waals surface area contributed by atoms with Gasteiger partial charge >= 0.3 is 5.97 Å². The SMILES string of the molecule is O=C(OC1[C@@H](OC[C@H](O)CO)OC(COCc2ccccc2)[C@@H](OCc2ccccc2)[C@H]1OCc1ccccc1)c1ccccc1. The minimum Gasteiger partial charge on any atom is -0.450 e. The first-order chi connectivity index (χ1) is 22.6. The van der Waals surface area contributed by atoms with Crippen LogP contribution in [0.3, 0.4) is 0 Å². The predicted octanol–water partition coefficient (Wildman–Crippen LogP) is 4.69. The Bertz CT molecular complexity index is 1420. The quantitative estimate of drug-likeness (QED) is 0.171. The summed E-state index contributed by atoms with van der Waals surface area (Å²) in [5.41, 5.74) is 3.18. The van der Waals surface area contributed by atoms with Crippen molar-refractivity contribution >= 4 is 5.97 Å². The average Bonchev–Trinajstić information content (AvgIpc) is 3.11. The molecule has 0 spiro atoms. The van der Waals surface area contributed by atoms with E-state index in [4.69, 9.17) is 28.4 Å². The number of aliphatic hydroxyl groups excluding tert-OH is 2. The summed E-state index contributed by atoms with van der Waals surface area (Å²) in [6.45, 7) is 0.105. The lowest BCUT2D eigenvalue weighted by atomic mass is 9.97. The maximum Gasteiger partial charge on any atom is 0.338 e. The van der Waals surface area contributed by atoms with Crippen molar-refractivity contribution in [2.24, 2.45) is 0 Å². The van der Waals surface area contributed by atoms with Gasteiger partial charge in [-0.15, -0.1) is 0 Å². The zero-order valence-corrected chi connectivity index (χ0v) is 25.5. The highest BCUT2D eigenvalue weighted by atomic mass is 16.7. The number of esters is 1. The van der Waals surface area contributed by atoms with Gasteiger partial charge in [-0.05, 0) is 28.8 Å². The molecule has 1 aliphatic rings. The van der Waals surface area contributed by atoms with Crippen LogP contribution in [-0.2, 0) is 48.2 Å². The van der Waals surface area contributed by atoms with Crippen molar-refractivity contribution in [1.82, 2.24) is 0 Å². The van der Waals surface area contributed by atoms with Crippen LogP contribution < -0.4 is 0 Å². The number of hydrogen-bond acceptors (Lipinski definition) is 9. The van der Waals surface area contributed by atoms with Crippen LogP contribution in [0.4, 0.5) is 0 Å². The van der Waals surface area contributed by atoms with Gasteiger partial charge < -0.3 is 38.6 Å². The number of benzene rings is 4. The molecule has 2 unspecified atom stereocenters. The maximum atomic E-state index is 13.4. The van der Waals surface area contributed by atoms with Gasteiger partial charge in [-0.2, -0.15) is 0 Å². The molecule has 9 heteroatoms. The molecule has 0 aromatic heterocycles. The summed E-state index contributed by atoms with van der Waals surface area (Å²) < 4.78 is 37.7. The van der Waals surface area contributed by atoms with Crippen LogP contribution in [0.2, 0.25) is 0 Å². The second-order valence-corrected chi connectivity index (χ2v) is 11.0. The summed E-state index contributed by atoms with van der Waals surface area (Å²) in [4.78, 5) is 13.4. The molecule has 0 radical (unpaired) electrons. The predicted molar refractivity (Wildman–Crippen MR) is 169 cm³/mol. The van der Waals surface area contributed by atoms with Crippen molar-refractivity contribution in [2.75, 3.05) is 19.8 Å². The van der Waals surface area contributed by atoms with E-state index < -0.39 is 49.4 Å². The fourth-order valence-corrected chi connectivity index (χ4v) is 5.09. The number of aliphatic hydroxyl groups is 2. The van der Waals surface area contributed by atoms with E-state index >= 15 is 0 Å². The summed E-state index contributed by atoms with van der Waals surface area (Å²) >= 11 is 0. The topological polar surface area (TPSA) is 113 Å². The fourth-order valence-electron chi connectivity index (χ4n) is 5.09. The molecule has 0 saturated carbocycles. The lowest BCUT2D eigenvalue weighted by Gasteiger charge is -2.45. The van der Waals surface area contributed by atoms with Crippen LogP contribution in [0.15, 0.2) is 121 Å². The van der Waals surface area contributed by atoms with E-state index in [1.807, 2.05) is 97.1 Å². The fraction of sp³-hybridized carbons (Fsp3) is 0.324. The van der Waals surface area contributed by atoms with E-state index in [2.05, 4.69) is 0 Å². The van der Waals surface area contributed by atoms with Gasteiger partial charge in [-0.1, -0.05) is 109 Å².